The molecule has 1 saturated carbocycles. The summed E-state index contributed by atoms with van der Waals surface area (Å²) in [5, 5.41) is 10.0. The van der Waals surface area contributed by atoms with Gasteiger partial charge >= 0.3 is 0 Å². The molecule has 0 radical (unpaired) electrons. The molecule has 20 heavy (non-hydrogen) atoms. The van der Waals surface area contributed by atoms with Crippen LogP contribution in [0.25, 0.3) is 0 Å². The summed E-state index contributed by atoms with van der Waals surface area (Å²) in [5.41, 5.74) is 3.19. The molecule has 0 amide bonds. The number of phenolic OH excluding ortho intramolecular Hbond substituents is 1. The van der Waals surface area contributed by atoms with E-state index in [-0.39, 0.29) is 0 Å². The van der Waals surface area contributed by atoms with Crippen LogP contribution in [0.3, 0.4) is 0 Å². The molecule has 2 fully saturated rings. The quantitative estimate of drug-likeness (QED) is 0.872. The summed E-state index contributed by atoms with van der Waals surface area (Å²) in [4.78, 5) is 7.11. The number of nitrogens with zero attached hydrogens (tertiary/aromatic N) is 2. The highest BCUT2D eigenvalue weighted by Gasteiger charge is 2.16. The fraction of sp³-hybridized carbons (Fsp3) is 0.588. The first-order valence-electron chi connectivity index (χ1n) is 7.87. The van der Waals surface area contributed by atoms with Crippen molar-refractivity contribution < 1.29 is 5.11 Å². The van der Waals surface area contributed by atoms with Crippen LogP contribution in [-0.2, 0) is 0 Å². The van der Waals surface area contributed by atoms with Gasteiger partial charge in [-0.2, -0.15) is 0 Å². The van der Waals surface area contributed by atoms with Crippen molar-refractivity contribution in [3.8, 4) is 5.75 Å². The van der Waals surface area contributed by atoms with E-state index >= 15 is 0 Å². The summed E-state index contributed by atoms with van der Waals surface area (Å²) in [6.45, 7) is 4.55. The topological polar surface area (TPSA) is 35.8 Å². The monoisotopic (exact) mass is 272 g/mol. The lowest BCUT2D eigenvalue weighted by atomic mass is 9.89. The molecule has 3 heteroatoms. The van der Waals surface area contributed by atoms with Gasteiger partial charge in [-0.3, -0.25) is 4.99 Å². The van der Waals surface area contributed by atoms with Crippen molar-refractivity contribution in [3.05, 3.63) is 18.2 Å². The van der Waals surface area contributed by atoms with Crippen LogP contribution in [0.15, 0.2) is 23.2 Å². The van der Waals surface area contributed by atoms with Gasteiger partial charge in [0.1, 0.15) is 11.4 Å². The molecule has 1 saturated heterocycles. The number of benzene rings is 1. The molecule has 2 aliphatic rings. The Morgan fingerprint density at radius 2 is 1.85 bits per heavy atom. The first kappa shape index (κ1) is 13.5. The van der Waals surface area contributed by atoms with Gasteiger partial charge in [0.2, 0.25) is 0 Å². The number of aromatic hydroxyl groups is 1. The zero-order chi connectivity index (χ0) is 13.9. The van der Waals surface area contributed by atoms with E-state index in [0.29, 0.717) is 5.75 Å². The summed E-state index contributed by atoms with van der Waals surface area (Å²) < 4.78 is 0. The van der Waals surface area contributed by atoms with E-state index in [1.54, 1.807) is 6.07 Å². The zero-order valence-electron chi connectivity index (χ0n) is 12.3. The van der Waals surface area contributed by atoms with Crippen molar-refractivity contribution in [2.45, 2.75) is 45.4 Å². The van der Waals surface area contributed by atoms with E-state index < -0.39 is 0 Å². The molecule has 1 N–H and O–H groups in total. The van der Waals surface area contributed by atoms with E-state index in [0.717, 1.165) is 37.5 Å². The Balaban J connectivity index is 1.81. The molecule has 0 unspecified atom stereocenters. The van der Waals surface area contributed by atoms with Crippen molar-refractivity contribution in [2.24, 2.45) is 10.9 Å². The largest absolute Gasteiger partial charge is 0.506 e. The lowest BCUT2D eigenvalue weighted by Crippen LogP contribution is -2.17. The Morgan fingerprint density at radius 1 is 1.15 bits per heavy atom. The SMILES string of the molecule is CC1CCC(=Nc2cc(N3CCCC3)ccc2O)CC1. The van der Waals surface area contributed by atoms with Crippen LogP contribution in [0.2, 0.25) is 0 Å². The van der Waals surface area contributed by atoms with Crippen LogP contribution in [0.5, 0.6) is 5.75 Å². The first-order chi connectivity index (χ1) is 9.72. The maximum atomic E-state index is 10.0. The van der Waals surface area contributed by atoms with Crippen LogP contribution in [0, 0.1) is 5.92 Å². The van der Waals surface area contributed by atoms with Gasteiger partial charge in [-0.25, -0.2) is 0 Å². The molecule has 1 aliphatic carbocycles. The van der Waals surface area contributed by atoms with E-state index in [2.05, 4.69) is 11.8 Å². The molecule has 0 aromatic heterocycles. The first-order valence-corrected chi connectivity index (χ1v) is 7.87. The Kier molecular flexibility index (Phi) is 3.95. The summed E-state index contributed by atoms with van der Waals surface area (Å²) in [6.07, 6.45) is 7.14. The van der Waals surface area contributed by atoms with Gasteiger partial charge in [-0.1, -0.05) is 6.92 Å². The van der Waals surface area contributed by atoms with Gasteiger partial charge < -0.3 is 10.0 Å². The van der Waals surface area contributed by atoms with Gasteiger partial charge in [0.25, 0.3) is 0 Å². The maximum Gasteiger partial charge on any atom is 0.141 e. The number of hydrogen-bond acceptors (Lipinski definition) is 3. The molecule has 1 aliphatic heterocycles. The summed E-state index contributed by atoms with van der Waals surface area (Å²) in [7, 11) is 0. The number of aliphatic imine (C=N–C) groups is 1. The smallest absolute Gasteiger partial charge is 0.141 e. The molecule has 108 valence electrons. The third kappa shape index (κ3) is 2.97. The third-order valence-electron chi connectivity index (χ3n) is 4.56. The number of hydrogen-bond donors (Lipinski definition) is 1. The zero-order valence-corrected chi connectivity index (χ0v) is 12.3. The number of rotatable bonds is 2. The average Bonchev–Trinajstić information content (AvgIpc) is 2.98. The number of anilines is 1. The second kappa shape index (κ2) is 5.86. The van der Waals surface area contributed by atoms with Gasteiger partial charge in [0, 0.05) is 24.5 Å². The van der Waals surface area contributed by atoms with Crippen molar-refractivity contribution >= 4 is 17.1 Å². The molecule has 3 nitrogen and oxygen atoms in total. The molecule has 1 heterocycles. The van der Waals surface area contributed by atoms with E-state index in [1.807, 2.05) is 12.1 Å². The van der Waals surface area contributed by atoms with Gasteiger partial charge in [0.05, 0.1) is 0 Å². The van der Waals surface area contributed by atoms with Crippen LogP contribution < -0.4 is 4.90 Å². The summed E-state index contributed by atoms with van der Waals surface area (Å²) in [5.74, 6) is 1.12. The predicted molar refractivity (Wildman–Crippen MR) is 84.3 cm³/mol. The van der Waals surface area contributed by atoms with Crippen molar-refractivity contribution in [1.29, 1.82) is 0 Å². The second-order valence-corrected chi connectivity index (χ2v) is 6.23. The molecule has 0 spiro atoms. The standard InChI is InChI=1S/C17H24N2O/c1-13-4-6-14(7-5-13)18-16-12-15(8-9-17(16)20)19-10-2-3-11-19/h8-9,12-13,20H,2-7,10-11H2,1H3. The van der Waals surface area contributed by atoms with Crippen LogP contribution in [0.1, 0.15) is 45.4 Å². The Hall–Kier alpha value is -1.51. The molecule has 1 aromatic rings. The van der Waals surface area contributed by atoms with Crippen LogP contribution in [0.4, 0.5) is 11.4 Å². The highest BCUT2D eigenvalue weighted by atomic mass is 16.3. The second-order valence-electron chi connectivity index (χ2n) is 6.23. The highest BCUT2D eigenvalue weighted by molar-refractivity contribution is 5.88. The molecule has 0 bridgehead atoms. The Morgan fingerprint density at radius 3 is 2.55 bits per heavy atom. The molecule has 0 atom stereocenters. The Bertz CT molecular complexity index is 494. The summed E-state index contributed by atoms with van der Waals surface area (Å²) in [6, 6.07) is 5.84. The van der Waals surface area contributed by atoms with Crippen molar-refractivity contribution in [3.63, 3.8) is 0 Å². The van der Waals surface area contributed by atoms with Crippen LogP contribution in [-0.4, -0.2) is 23.9 Å². The molecular formula is C17H24N2O. The van der Waals surface area contributed by atoms with Crippen molar-refractivity contribution in [2.75, 3.05) is 18.0 Å². The van der Waals surface area contributed by atoms with Crippen LogP contribution >= 0.6 is 0 Å². The van der Waals surface area contributed by atoms with Gasteiger partial charge in [-0.05, 0) is 62.6 Å². The molecular weight excluding hydrogens is 248 g/mol. The third-order valence-corrected chi connectivity index (χ3v) is 4.56. The lowest BCUT2D eigenvalue weighted by Gasteiger charge is -2.20. The van der Waals surface area contributed by atoms with E-state index in [4.69, 9.17) is 4.99 Å². The van der Waals surface area contributed by atoms with Gasteiger partial charge in [-0.15, -0.1) is 0 Å². The van der Waals surface area contributed by atoms with Gasteiger partial charge in [0.15, 0.2) is 0 Å². The minimum Gasteiger partial charge on any atom is -0.506 e. The minimum atomic E-state index is 0.305. The average molecular weight is 272 g/mol. The summed E-state index contributed by atoms with van der Waals surface area (Å²) >= 11 is 0. The lowest BCUT2D eigenvalue weighted by molar-refractivity contribution is 0.474. The van der Waals surface area contributed by atoms with E-state index in [9.17, 15) is 5.11 Å². The van der Waals surface area contributed by atoms with Crippen molar-refractivity contribution in [1.82, 2.24) is 0 Å². The normalized spacial score (nSPS) is 23.1. The fourth-order valence-corrected chi connectivity index (χ4v) is 3.15. The maximum absolute atomic E-state index is 10.0. The predicted octanol–water partition coefficient (Wildman–Crippen LogP) is 4.28. The number of phenols is 1. The molecule has 1 aromatic carbocycles. The molecule has 3 rings (SSSR count). The van der Waals surface area contributed by atoms with E-state index in [1.165, 1.54) is 37.1 Å². The Labute approximate surface area is 121 Å². The highest BCUT2D eigenvalue weighted by Crippen LogP contribution is 2.34. The minimum absolute atomic E-state index is 0.305. The fourth-order valence-electron chi connectivity index (χ4n) is 3.15.